The maximum atomic E-state index is 4.61. The van der Waals surface area contributed by atoms with Crippen LogP contribution in [0.5, 0.6) is 0 Å². The Morgan fingerprint density at radius 3 is 2.74 bits per heavy atom. The fourth-order valence-corrected chi connectivity index (χ4v) is 2.85. The summed E-state index contributed by atoms with van der Waals surface area (Å²) in [6.07, 6.45) is 2.75. The Kier molecular flexibility index (Phi) is 3.60. The quantitative estimate of drug-likeness (QED) is 0.802. The molecule has 1 aromatic heterocycles. The third-order valence-corrected chi connectivity index (χ3v) is 4.00. The van der Waals surface area contributed by atoms with Gasteiger partial charge in [0.1, 0.15) is 0 Å². The van der Waals surface area contributed by atoms with Crippen molar-refractivity contribution in [1.29, 1.82) is 0 Å². The van der Waals surface area contributed by atoms with E-state index in [-0.39, 0.29) is 0 Å². The molecule has 1 N–H and O–H groups in total. The van der Waals surface area contributed by atoms with E-state index in [1.807, 2.05) is 18.2 Å². The second-order valence-electron chi connectivity index (χ2n) is 5.51. The number of hydrogen-bond donors (Lipinski definition) is 1. The van der Waals surface area contributed by atoms with Gasteiger partial charge in [0.05, 0.1) is 6.20 Å². The van der Waals surface area contributed by atoms with E-state index in [1.54, 1.807) is 6.20 Å². The average molecular weight is 303 g/mol. The van der Waals surface area contributed by atoms with E-state index < -0.39 is 0 Å². The van der Waals surface area contributed by atoms with Crippen LogP contribution in [0.1, 0.15) is 11.1 Å². The third kappa shape index (κ3) is 2.85. The Bertz CT molecular complexity index is 803. The van der Waals surface area contributed by atoms with Crippen molar-refractivity contribution in [2.45, 2.75) is 13.0 Å². The molecule has 5 nitrogen and oxygen atoms in total. The van der Waals surface area contributed by atoms with Gasteiger partial charge < -0.3 is 10.2 Å². The van der Waals surface area contributed by atoms with Crippen LogP contribution in [0.4, 0.5) is 17.5 Å². The van der Waals surface area contributed by atoms with Gasteiger partial charge >= 0.3 is 0 Å². The molecule has 1 aliphatic rings. The molecule has 23 heavy (non-hydrogen) atoms. The predicted octanol–water partition coefficient (Wildman–Crippen LogP) is 3.18. The highest BCUT2D eigenvalue weighted by Crippen LogP contribution is 2.32. The lowest BCUT2D eigenvalue weighted by atomic mass is 10.2. The maximum Gasteiger partial charge on any atom is 0.244 e. The van der Waals surface area contributed by atoms with Gasteiger partial charge in [-0.25, -0.2) is 0 Å². The van der Waals surface area contributed by atoms with E-state index in [2.05, 4.69) is 61.8 Å². The zero-order chi connectivity index (χ0) is 15.5. The highest BCUT2D eigenvalue weighted by molar-refractivity contribution is 5.67. The molecular weight excluding hydrogens is 286 g/mol. The van der Waals surface area contributed by atoms with Crippen molar-refractivity contribution < 1.29 is 0 Å². The van der Waals surface area contributed by atoms with Crippen LogP contribution in [0.15, 0.2) is 60.8 Å². The second kappa shape index (κ2) is 6.04. The van der Waals surface area contributed by atoms with E-state index in [9.17, 15) is 0 Å². The van der Waals surface area contributed by atoms with Gasteiger partial charge in [0.15, 0.2) is 5.82 Å². The van der Waals surface area contributed by atoms with Gasteiger partial charge in [-0.1, -0.05) is 48.5 Å². The standard InChI is InChI=1S/C18H17N5/c1-2-6-14(7-3-1)12-19-18-21-17(13-20-22-18)23-11-10-15-8-4-5-9-16(15)23/h1-9,13H,10-12H2,(H,19,21,22). The van der Waals surface area contributed by atoms with E-state index in [1.165, 1.54) is 16.8 Å². The fourth-order valence-electron chi connectivity index (χ4n) is 2.85. The highest BCUT2D eigenvalue weighted by Gasteiger charge is 2.21. The number of anilines is 3. The molecule has 0 saturated carbocycles. The zero-order valence-electron chi connectivity index (χ0n) is 12.7. The van der Waals surface area contributed by atoms with Crippen molar-refractivity contribution in [3.05, 3.63) is 71.9 Å². The van der Waals surface area contributed by atoms with Gasteiger partial charge in [0, 0.05) is 18.8 Å². The lowest BCUT2D eigenvalue weighted by molar-refractivity contribution is 0.904. The first-order valence-corrected chi connectivity index (χ1v) is 7.73. The summed E-state index contributed by atoms with van der Waals surface area (Å²) in [6, 6.07) is 18.6. The van der Waals surface area contributed by atoms with Crippen LogP contribution in [0, 0.1) is 0 Å². The number of rotatable bonds is 4. The summed E-state index contributed by atoms with van der Waals surface area (Å²) >= 11 is 0. The van der Waals surface area contributed by atoms with E-state index in [0.717, 1.165) is 18.8 Å². The molecule has 0 aliphatic carbocycles. The number of benzene rings is 2. The summed E-state index contributed by atoms with van der Waals surface area (Å²) in [5, 5.41) is 11.4. The molecule has 5 heteroatoms. The molecule has 2 heterocycles. The summed E-state index contributed by atoms with van der Waals surface area (Å²) in [5.41, 5.74) is 3.75. The fraction of sp³-hybridized carbons (Fsp3) is 0.167. The molecule has 0 saturated heterocycles. The van der Waals surface area contributed by atoms with Crippen LogP contribution in [0.2, 0.25) is 0 Å². The molecule has 0 atom stereocenters. The van der Waals surface area contributed by atoms with Gasteiger partial charge in [-0.15, -0.1) is 5.10 Å². The molecule has 3 aromatic rings. The number of hydrogen-bond acceptors (Lipinski definition) is 5. The minimum Gasteiger partial charge on any atom is -0.349 e. The minimum atomic E-state index is 0.552. The number of nitrogens with one attached hydrogen (secondary N) is 1. The minimum absolute atomic E-state index is 0.552. The summed E-state index contributed by atoms with van der Waals surface area (Å²) in [6.45, 7) is 1.61. The maximum absolute atomic E-state index is 4.61. The summed E-state index contributed by atoms with van der Waals surface area (Å²) in [4.78, 5) is 6.80. The van der Waals surface area contributed by atoms with E-state index in [0.29, 0.717) is 12.5 Å². The Labute approximate surface area is 135 Å². The highest BCUT2D eigenvalue weighted by atomic mass is 15.3. The van der Waals surface area contributed by atoms with Gasteiger partial charge in [0.25, 0.3) is 0 Å². The molecule has 0 fully saturated rings. The van der Waals surface area contributed by atoms with Crippen molar-refractivity contribution in [2.24, 2.45) is 0 Å². The summed E-state index contributed by atoms with van der Waals surface area (Å²) in [5.74, 6) is 1.39. The van der Waals surface area contributed by atoms with E-state index >= 15 is 0 Å². The molecule has 0 spiro atoms. The first-order chi connectivity index (χ1) is 11.4. The van der Waals surface area contributed by atoms with Crippen LogP contribution in [-0.4, -0.2) is 21.7 Å². The largest absolute Gasteiger partial charge is 0.349 e. The molecule has 4 rings (SSSR count). The Morgan fingerprint density at radius 1 is 1.00 bits per heavy atom. The SMILES string of the molecule is c1ccc(CNc2nncc(N3CCc4ccccc43)n2)cc1. The van der Waals surface area contributed by atoms with E-state index in [4.69, 9.17) is 0 Å². The van der Waals surface area contributed by atoms with Gasteiger partial charge in [-0.2, -0.15) is 10.1 Å². The van der Waals surface area contributed by atoms with Crippen LogP contribution in [-0.2, 0) is 13.0 Å². The zero-order valence-corrected chi connectivity index (χ0v) is 12.7. The Balaban J connectivity index is 1.53. The first-order valence-electron chi connectivity index (χ1n) is 7.73. The normalized spacial score (nSPS) is 13.0. The van der Waals surface area contributed by atoms with Crippen molar-refractivity contribution >= 4 is 17.5 Å². The second-order valence-corrected chi connectivity index (χ2v) is 5.51. The van der Waals surface area contributed by atoms with Crippen LogP contribution in [0.3, 0.4) is 0 Å². The summed E-state index contributed by atoms with van der Waals surface area (Å²) in [7, 11) is 0. The Hall–Kier alpha value is -2.95. The van der Waals surface area contributed by atoms with Crippen molar-refractivity contribution in [2.75, 3.05) is 16.8 Å². The molecule has 0 amide bonds. The van der Waals surface area contributed by atoms with Crippen molar-refractivity contribution in [3.63, 3.8) is 0 Å². The van der Waals surface area contributed by atoms with Crippen molar-refractivity contribution in [1.82, 2.24) is 15.2 Å². The molecule has 0 radical (unpaired) electrons. The van der Waals surface area contributed by atoms with Crippen molar-refractivity contribution in [3.8, 4) is 0 Å². The van der Waals surface area contributed by atoms with Gasteiger partial charge in [-0.3, -0.25) is 0 Å². The number of aromatic nitrogens is 3. The molecule has 2 aromatic carbocycles. The average Bonchev–Trinajstić information content (AvgIpc) is 3.05. The predicted molar refractivity (Wildman–Crippen MR) is 90.7 cm³/mol. The van der Waals surface area contributed by atoms with Crippen LogP contribution >= 0.6 is 0 Å². The number of para-hydroxylation sites is 1. The van der Waals surface area contributed by atoms with Crippen LogP contribution in [0.25, 0.3) is 0 Å². The summed E-state index contributed by atoms with van der Waals surface area (Å²) < 4.78 is 0. The molecule has 0 bridgehead atoms. The lowest BCUT2D eigenvalue weighted by Gasteiger charge is -2.18. The molecular formula is C18H17N5. The first kappa shape index (κ1) is 13.7. The third-order valence-electron chi connectivity index (χ3n) is 4.00. The smallest absolute Gasteiger partial charge is 0.244 e. The topological polar surface area (TPSA) is 53.9 Å². The number of fused-ring (bicyclic) bond motifs is 1. The van der Waals surface area contributed by atoms with Gasteiger partial charge in [0.2, 0.25) is 5.95 Å². The molecule has 1 aliphatic heterocycles. The lowest BCUT2D eigenvalue weighted by Crippen LogP contribution is -2.16. The number of nitrogens with zero attached hydrogens (tertiary/aromatic N) is 4. The van der Waals surface area contributed by atoms with Crippen LogP contribution < -0.4 is 10.2 Å². The monoisotopic (exact) mass is 303 g/mol. The Morgan fingerprint density at radius 2 is 1.83 bits per heavy atom. The molecule has 114 valence electrons. The molecule has 0 unspecified atom stereocenters. The van der Waals surface area contributed by atoms with Gasteiger partial charge in [-0.05, 0) is 23.6 Å².